The molecule has 0 saturated heterocycles. The van der Waals surface area contributed by atoms with Gasteiger partial charge in [-0.15, -0.1) is 0 Å². The van der Waals surface area contributed by atoms with Crippen LogP contribution in [-0.4, -0.2) is 30.7 Å². The highest BCUT2D eigenvalue weighted by Gasteiger charge is 2.22. The maximum Gasteiger partial charge on any atom is 0.357 e. The van der Waals surface area contributed by atoms with Crippen molar-refractivity contribution < 1.29 is 9.90 Å². The number of aromatic amines is 1. The number of H-pyrrole nitrogens is 1. The van der Waals surface area contributed by atoms with Crippen LogP contribution in [0.5, 0.6) is 0 Å². The smallest absolute Gasteiger partial charge is 0.357 e. The van der Waals surface area contributed by atoms with Crippen molar-refractivity contribution in [1.82, 2.24) is 19.6 Å². The largest absolute Gasteiger partial charge is 0.476 e. The summed E-state index contributed by atoms with van der Waals surface area (Å²) in [5, 5.41) is 13.1. The second-order valence-corrected chi connectivity index (χ2v) is 4.08. The second kappa shape index (κ2) is 3.69. The molecule has 0 atom stereocenters. The van der Waals surface area contributed by atoms with Gasteiger partial charge >= 0.3 is 5.97 Å². The molecule has 90 valence electrons. The van der Waals surface area contributed by atoms with Gasteiger partial charge in [0, 0.05) is 5.92 Å². The summed E-state index contributed by atoms with van der Waals surface area (Å²) in [5.74, 6) is -0.375. The van der Waals surface area contributed by atoms with E-state index in [2.05, 4.69) is 15.1 Å². The van der Waals surface area contributed by atoms with Crippen molar-refractivity contribution in [3.05, 3.63) is 27.7 Å². The van der Waals surface area contributed by atoms with Gasteiger partial charge in [-0.1, -0.05) is 13.8 Å². The standard InChI is InChI=1S/C10H12N4O3/c1-4(2)8-12-6(10(16)17)7-9(15)11-5(3)13-14(7)8/h4H,1-3H3,(H,16,17)(H,11,13,15). The second-order valence-electron chi connectivity index (χ2n) is 4.08. The first-order valence-electron chi connectivity index (χ1n) is 5.14. The van der Waals surface area contributed by atoms with E-state index in [-0.39, 0.29) is 17.1 Å². The zero-order valence-electron chi connectivity index (χ0n) is 9.68. The zero-order valence-corrected chi connectivity index (χ0v) is 9.68. The van der Waals surface area contributed by atoms with E-state index in [1.54, 1.807) is 6.92 Å². The van der Waals surface area contributed by atoms with Crippen molar-refractivity contribution in [1.29, 1.82) is 0 Å². The maximum absolute atomic E-state index is 11.7. The van der Waals surface area contributed by atoms with Crippen LogP contribution in [0.25, 0.3) is 5.52 Å². The van der Waals surface area contributed by atoms with Crippen molar-refractivity contribution >= 4 is 11.5 Å². The number of fused-ring (bicyclic) bond motifs is 1. The molecule has 0 spiro atoms. The summed E-state index contributed by atoms with van der Waals surface area (Å²) in [5.41, 5.74) is -0.774. The average Bonchev–Trinajstić information content (AvgIpc) is 2.56. The van der Waals surface area contributed by atoms with Gasteiger partial charge in [0.1, 0.15) is 11.6 Å². The minimum Gasteiger partial charge on any atom is -0.476 e. The van der Waals surface area contributed by atoms with Crippen LogP contribution in [0.4, 0.5) is 0 Å². The molecule has 2 aromatic rings. The molecule has 0 saturated carbocycles. The van der Waals surface area contributed by atoms with E-state index < -0.39 is 11.5 Å². The summed E-state index contributed by atoms with van der Waals surface area (Å²) in [6.45, 7) is 5.35. The lowest BCUT2D eigenvalue weighted by molar-refractivity contribution is 0.0693. The predicted molar refractivity (Wildman–Crippen MR) is 59.4 cm³/mol. The summed E-state index contributed by atoms with van der Waals surface area (Å²) in [6, 6.07) is 0. The number of carbonyl (C=O) groups is 1. The maximum atomic E-state index is 11.7. The molecule has 0 bridgehead atoms. The van der Waals surface area contributed by atoms with Crippen molar-refractivity contribution in [3.8, 4) is 0 Å². The number of carboxylic acids is 1. The third-order valence-corrected chi connectivity index (χ3v) is 2.36. The molecular weight excluding hydrogens is 224 g/mol. The van der Waals surface area contributed by atoms with Crippen molar-refractivity contribution in [3.63, 3.8) is 0 Å². The van der Waals surface area contributed by atoms with Gasteiger partial charge in [-0.05, 0) is 6.92 Å². The molecule has 0 radical (unpaired) electrons. The number of aromatic carboxylic acids is 1. The zero-order chi connectivity index (χ0) is 12.7. The Morgan fingerprint density at radius 2 is 2.12 bits per heavy atom. The molecule has 2 heterocycles. The van der Waals surface area contributed by atoms with E-state index in [4.69, 9.17) is 5.11 Å². The van der Waals surface area contributed by atoms with Gasteiger partial charge in [-0.2, -0.15) is 5.10 Å². The van der Waals surface area contributed by atoms with Crippen LogP contribution in [0.3, 0.4) is 0 Å². The van der Waals surface area contributed by atoms with Gasteiger partial charge in [-0.3, -0.25) is 4.79 Å². The molecule has 0 aliphatic heterocycles. The molecule has 0 fully saturated rings. The van der Waals surface area contributed by atoms with Crippen LogP contribution in [0.2, 0.25) is 0 Å². The molecular formula is C10H12N4O3. The van der Waals surface area contributed by atoms with E-state index in [0.29, 0.717) is 11.6 Å². The number of nitrogens with zero attached hydrogens (tertiary/aromatic N) is 3. The minimum absolute atomic E-state index is 0.0215. The molecule has 0 aliphatic carbocycles. The molecule has 0 amide bonds. The van der Waals surface area contributed by atoms with Crippen LogP contribution >= 0.6 is 0 Å². The van der Waals surface area contributed by atoms with E-state index in [1.165, 1.54) is 4.52 Å². The molecule has 0 unspecified atom stereocenters. The predicted octanol–water partition coefficient (Wildman–Crippen LogP) is 0.548. The van der Waals surface area contributed by atoms with E-state index in [9.17, 15) is 9.59 Å². The Kier molecular flexibility index (Phi) is 2.45. The molecule has 7 heteroatoms. The quantitative estimate of drug-likeness (QED) is 0.792. The van der Waals surface area contributed by atoms with Gasteiger partial charge < -0.3 is 10.1 Å². The lowest BCUT2D eigenvalue weighted by Crippen LogP contribution is -2.17. The third kappa shape index (κ3) is 1.69. The fourth-order valence-electron chi connectivity index (χ4n) is 1.66. The SMILES string of the molecule is Cc1nn2c(C(C)C)nc(C(=O)O)c2c(=O)[nH]1. The summed E-state index contributed by atoms with van der Waals surface area (Å²) in [6.07, 6.45) is 0. The monoisotopic (exact) mass is 236 g/mol. The normalized spacial score (nSPS) is 11.3. The first kappa shape index (κ1) is 11.3. The summed E-state index contributed by atoms with van der Waals surface area (Å²) in [7, 11) is 0. The number of hydrogen-bond acceptors (Lipinski definition) is 4. The number of nitrogens with one attached hydrogen (secondary N) is 1. The fourth-order valence-corrected chi connectivity index (χ4v) is 1.66. The first-order chi connectivity index (χ1) is 7.91. The van der Waals surface area contributed by atoms with Gasteiger partial charge in [0.15, 0.2) is 11.2 Å². The summed E-state index contributed by atoms with van der Waals surface area (Å²) >= 11 is 0. The molecule has 2 aromatic heterocycles. The molecule has 2 N–H and O–H groups in total. The van der Waals surface area contributed by atoms with E-state index in [0.717, 1.165) is 0 Å². The molecule has 0 aliphatic rings. The third-order valence-electron chi connectivity index (χ3n) is 2.36. The Labute approximate surface area is 96.1 Å². The van der Waals surface area contributed by atoms with Crippen LogP contribution in [0.15, 0.2) is 4.79 Å². The Bertz CT molecular complexity index is 653. The lowest BCUT2D eigenvalue weighted by Gasteiger charge is -2.02. The van der Waals surface area contributed by atoms with Gasteiger partial charge in [-0.25, -0.2) is 14.3 Å². The topological polar surface area (TPSA) is 100 Å². The Hall–Kier alpha value is -2.18. The Balaban J connectivity index is 2.96. The van der Waals surface area contributed by atoms with Crippen LogP contribution in [-0.2, 0) is 0 Å². The average molecular weight is 236 g/mol. The van der Waals surface area contributed by atoms with E-state index in [1.807, 2.05) is 13.8 Å². The number of carboxylic acid groups (broad SMARTS) is 1. The molecule has 17 heavy (non-hydrogen) atoms. The molecule has 2 rings (SSSR count). The number of hydrogen-bond donors (Lipinski definition) is 2. The number of imidazole rings is 1. The number of aromatic nitrogens is 4. The highest BCUT2D eigenvalue weighted by Crippen LogP contribution is 2.16. The van der Waals surface area contributed by atoms with Crippen LogP contribution < -0.4 is 5.56 Å². The van der Waals surface area contributed by atoms with Crippen LogP contribution in [0, 0.1) is 6.92 Å². The Morgan fingerprint density at radius 3 is 2.65 bits per heavy atom. The van der Waals surface area contributed by atoms with Crippen LogP contribution in [0.1, 0.15) is 41.9 Å². The van der Waals surface area contributed by atoms with Gasteiger partial charge in [0.05, 0.1) is 0 Å². The van der Waals surface area contributed by atoms with Crippen molar-refractivity contribution in [2.75, 3.05) is 0 Å². The number of rotatable bonds is 2. The number of aryl methyl sites for hydroxylation is 1. The van der Waals surface area contributed by atoms with Gasteiger partial charge in [0.25, 0.3) is 5.56 Å². The fraction of sp³-hybridized carbons (Fsp3) is 0.400. The lowest BCUT2D eigenvalue weighted by atomic mass is 10.2. The van der Waals surface area contributed by atoms with Crippen molar-refractivity contribution in [2.24, 2.45) is 0 Å². The Morgan fingerprint density at radius 1 is 1.47 bits per heavy atom. The highest BCUT2D eigenvalue weighted by molar-refractivity contribution is 5.93. The van der Waals surface area contributed by atoms with Crippen molar-refractivity contribution in [2.45, 2.75) is 26.7 Å². The van der Waals surface area contributed by atoms with E-state index >= 15 is 0 Å². The summed E-state index contributed by atoms with van der Waals surface area (Å²) in [4.78, 5) is 29.2. The molecule has 7 nitrogen and oxygen atoms in total. The molecule has 0 aromatic carbocycles. The first-order valence-corrected chi connectivity index (χ1v) is 5.14. The summed E-state index contributed by atoms with van der Waals surface area (Å²) < 4.78 is 1.31. The highest BCUT2D eigenvalue weighted by atomic mass is 16.4. The van der Waals surface area contributed by atoms with Gasteiger partial charge in [0.2, 0.25) is 0 Å². The minimum atomic E-state index is -1.23.